The van der Waals surface area contributed by atoms with Crippen LogP contribution in [0, 0.1) is 12.7 Å². The molecule has 0 aliphatic heterocycles. The molecule has 0 bridgehead atoms. The van der Waals surface area contributed by atoms with Crippen LogP contribution in [0.2, 0.25) is 5.02 Å². The molecule has 128 valence electrons. The standard InChI is InChI=1S/C15H10ClF4NO3/c1-7-6-8(24-15(18,19)20)2-4-10(7)21-11-5-3-9(16)13(17)12(11)14(22)23/h2-6,21H,1H3,(H,22,23). The Bertz CT molecular complexity index is 793. The molecule has 0 amide bonds. The smallest absolute Gasteiger partial charge is 0.478 e. The van der Waals surface area contributed by atoms with E-state index in [0.29, 0.717) is 5.56 Å². The molecule has 0 saturated carbocycles. The summed E-state index contributed by atoms with van der Waals surface area (Å²) in [6, 6.07) is 5.85. The Morgan fingerprint density at radius 3 is 2.38 bits per heavy atom. The third kappa shape index (κ3) is 4.08. The molecule has 0 unspecified atom stereocenters. The minimum absolute atomic E-state index is 0.0861. The Kier molecular flexibility index (Phi) is 4.88. The fraction of sp³-hybridized carbons (Fsp3) is 0.133. The second kappa shape index (κ2) is 6.56. The minimum atomic E-state index is -4.82. The van der Waals surface area contributed by atoms with Crippen molar-refractivity contribution in [2.24, 2.45) is 0 Å². The molecule has 2 aromatic rings. The van der Waals surface area contributed by atoms with E-state index in [1.54, 1.807) is 0 Å². The molecule has 4 nitrogen and oxygen atoms in total. The van der Waals surface area contributed by atoms with Crippen molar-refractivity contribution in [2.75, 3.05) is 5.32 Å². The Morgan fingerprint density at radius 2 is 1.83 bits per heavy atom. The van der Waals surface area contributed by atoms with Gasteiger partial charge in [-0.05, 0) is 42.8 Å². The van der Waals surface area contributed by atoms with Gasteiger partial charge in [0, 0.05) is 5.69 Å². The maximum absolute atomic E-state index is 13.9. The predicted molar refractivity (Wildman–Crippen MR) is 79.5 cm³/mol. The molecule has 0 aliphatic rings. The lowest BCUT2D eigenvalue weighted by molar-refractivity contribution is -0.274. The second-order valence-electron chi connectivity index (χ2n) is 4.74. The minimum Gasteiger partial charge on any atom is -0.478 e. The van der Waals surface area contributed by atoms with Crippen LogP contribution >= 0.6 is 11.6 Å². The average molecular weight is 364 g/mol. The Morgan fingerprint density at radius 1 is 1.21 bits per heavy atom. The molecule has 2 aromatic carbocycles. The van der Waals surface area contributed by atoms with Crippen molar-refractivity contribution in [1.82, 2.24) is 0 Å². The van der Waals surface area contributed by atoms with E-state index in [1.165, 1.54) is 25.1 Å². The van der Waals surface area contributed by atoms with Crippen molar-refractivity contribution >= 4 is 28.9 Å². The van der Waals surface area contributed by atoms with Gasteiger partial charge in [0.1, 0.15) is 11.3 Å². The topological polar surface area (TPSA) is 58.6 Å². The number of carboxylic acids is 1. The Balaban J connectivity index is 2.36. The van der Waals surface area contributed by atoms with Crippen molar-refractivity contribution < 1.29 is 32.2 Å². The summed E-state index contributed by atoms with van der Waals surface area (Å²) in [5, 5.41) is 11.4. The maximum Gasteiger partial charge on any atom is 0.573 e. The van der Waals surface area contributed by atoms with E-state index in [1.807, 2.05) is 0 Å². The summed E-state index contributed by atoms with van der Waals surface area (Å²) in [5.41, 5.74) is -0.133. The van der Waals surface area contributed by atoms with Gasteiger partial charge in [0.25, 0.3) is 0 Å². The van der Waals surface area contributed by atoms with E-state index in [2.05, 4.69) is 10.1 Å². The Hall–Kier alpha value is -2.48. The number of halogens is 5. The first kappa shape index (κ1) is 17.9. The van der Waals surface area contributed by atoms with Gasteiger partial charge in [0.2, 0.25) is 0 Å². The first-order valence-corrected chi connectivity index (χ1v) is 6.81. The van der Waals surface area contributed by atoms with Crippen LogP contribution in [0.5, 0.6) is 5.75 Å². The first-order chi connectivity index (χ1) is 11.1. The zero-order valence-corrected chi connectivity index (χ0v) is 12.8. The number of carbonyl (C=O) groups is 1. The number of ether oxygens (including phenoxy) is 1. The van der Waals surface area contributed by atoms with Crippen molar-refractivity contribution in [2.45, 2.75) is 13.3 Å². The lowest BCUT2D eigenvalue weighted by atomic mass is 10.1. The third-order valence-corrected chi connectivity index (χ3v) is 3.30. The number of nitrogens with one attached hydrogen (secondary N) is 1. The predicted octanol–water partition coefficient (Wildman–Crippen LogP) is 5.13. The van der Waals surface area contributed by atoms with Crippen LogP contribution in [0.1, 0.15) is 15.9 Å². The summed E-state index contributed by atoms with van der Waals surface area (Å²) < 4.78 is 54.2. The van der Waals surface area contributed by atoms with Gasteiger partial charge in [-0.1, -0.05) is 11.6 Å². The number of rotatable bonds is 4. The first-order valence-electron chi connectivity index (χ1n) is 6.43. The molecule has 0 radical (unpaired) electrons. The number of anilines is 2. The van der Waals surface area contributed by atoms with Crippen molar-refractivity contribution in [3.63, 3.8) is 0 Å². The number of hydrogen-bond acceptors (Lipinski definition) is 3. The van der Waals surface area contributed by atoms with E-state index in [0.717, 1.165) is 12.1 Å². The second-order valence-corrected chi connectivity index (χ2v) is 5.15. The van der Waals surface area contributed by atoms with Crippen LogP contribution in [0.4, 0.5) is 28.9 Å². The summed E-state index contributed by atoms with van der Waals surface area (Å²) in [5.74, 6) is -3.07. The van der Waals surface area contributed by atoms with E-state index in [-0.39, 0.29) is 16.4 Å². The maximum atomic E-state index is 13.9. The molecule has 0 aromatic heterocycles. The Labute approximate surface area is 138 Å². The largest absolute Gasteiger partial charge is 0.573 e. The normalized spacial score (nSPS) is 11.2. The molecule has 0 spiro atoms. The van der Waals surface area contributed by atoms with Crippen molar-refractivity contribution in [3.8, 4) is 5.75 Å². The number of aromatic carboxylic acids is 1. The summed E-state index contributed by atoms with van der Waals surface area (Å²) >= 11 is 5.56. The van der Waals surface area contributed by atoms with E-state index in [9.17, 15) is 22.4 Å². The number of hydrogen-bond donors (Lipinski definition) is 2. The zero-order chi connectivity index (χ0) is 18.1. The molecule has 0 saturated heterocycles. The zero-order valence-electron chi connectivity index (χ0n) is 12.0. The number of benzene rings is 2. The van der Waals surface area contributed by atoms with Crippen LogP contribution in [-0.2, 0) is 0 Å². The molecule has 0 fully saturated rings. The van der Waals surface area contributed by atoms with E-state index < -0.39 is 29.5 Å². The van der Waals surface area contributed by atoms with Gasteiger partial charge in [0.15, 0.2) is 5.82 Å². The SMILES string of the molecule is Cc1cc(OC(F)(F)F)ccc1Nc1ccc(Cl)c(F)c1C(=O)O. The highest BCUT2D eigenvalue weighted by molar-refractivity contribution is 6.31. The molecule has 0 aliphatic carbocycles. The van der Waals surface area contributed by atoms with Crippen LogP contribution in [-0.4, -0.2) is 17.4 Å². The molecular formula is C15H10ClF4NO3. The number of aryl methyl sites for hydroxylation is 1. The van der Waals surface area contributed by atoms with Gasteiger partial charge >= 0.3 is 12.3 Å². The molecular weight excluding hydrogens is 354 g/mol. The molecule has 2 N–H and O–H groups in total. The van der Waals surface area contributed by atoms with Crippen molar-refractivity contribution in [3.05, 3.63) is 52.3 Å². The van der Waals surface area contributed by atoms with Gasteiger partial charge in [-0.2, -0.15) is 0 Å². The number of alkyl halides is 3. The molecule has 9 heteroatoms. The van der Waals surface area contributed by atoms with Gasteiger partial charge < -0.3 is 15.2 Å². The lowest BCUT2D eigenvalue weighted by Gasteiger charge is -2.15. The van der Waals surface area contributed by atoms with E-state index in [4.69, 9.17) is 16.7 Å². The van der Waals surface area contributed by atoms with Gasteiger partial charge in [-0.25, -0.2) is 9.18 Å². The molecule has 24 heavy (non-hydrogen) atoms. The van der Waals surface area contributed by atoms with Gasteiger partial charge in [-0.15, -0.1) is 13.2 Å². The fourth-order valence-corrected chi connectivity index (χ4v) is 2.14. The fourth-order valence-electron chi connectivity index (χ4n) is 1.98. The highest BCUT2D eigenvalue weighted by Crippen LogP contribution is 2.31. The third-order valence-electron chi connectivity index (χ3n) is 3.01. The molecule has 0 heterocycles. The monoisotopic (exact) mass is 363 g/mol. The molecule has 2 rings (SSSR count). The number of carboxylic acid groups (broad SMARTS) is 1. The quantitative estimate of drug-likeness (QED) is 0.739. The highest BCUT2D eigenvalue weighted by Gasteiger charge is 2.31. The summed E-state index contributed by atoms with van der Waals surface area (Å²) in [6.45, 7) is 1.48. The van der Waals surface area contributed by atoms with Crippen LogP contribution in [0.3, 0.4) is 0 Å². The van der Waals surface area contributed by atoms with Crippen LogP contribution < -0.4 is 10.1 Å². The lowest BCUT2D eigenvalue weighted by Crippen LogP contribution is -2.17. The van der Waals surface area contributed by atoms with Crippen LogP contribution in [0.15, 0.2) is 30.3 Å². The van der Waals surface area contributed by atoms with Gasteiger partial charge in [0.05, 0.1) is 10.7 Å². The van der Waals surface area contributed by atoms with Gasteiger partial charge in [-0.3, -0.25) is 0 Å². The molecule has 0 atom stereocenters. The van der Waals surface area contributed by atoms with Crippen LogP contribution in [0.25, 0.3) is 0 Å². The average Bonchev–Trinajstić information content (AvgIpc) is 2.43. The highest BCUT2D eigenvalue weighted by atomic mass is 35.5. The summed E-state index contributed by atoms with van der Waals surface area (Å²) in [7, 11) is 0. The summed E-state index contributed by atoms with van der Waals surface area (Å²) in [4.78, 5) is 11.2. The van der Waals surface area contributed by atoms with E-state index >= 15 is 0 Å². The summed E-state index contributed by atoms with van der Waals surface area (Å²) in [6.07, 6.45) is -4.82. The van der Waals surface area contributed by atoms with Crippen molar-refractivity contribution in [1.29, 1.82) is 0 Å².